The molecule has 5 heteroatoms. The summed E-state index contributed by atoms with van der Waals surface area (Å²) in [4.78, 5) is 13.9. The van der Waals surface area contributed by atoms with E-state index in [9.17, 15) is 4.79 Å². The number of benzene rings is 1. The van der Waals surface area contributed by atoms with Crippen LogP contribution >= 0.6 is 23.2 Å². The molecule has 1 aromatic carbocycles. The Morgan fingerprint density at radius 2 is 2.05 bits per heavy atom. The van der Waals surface area contributed by atoms with Gasteiger partial charge in [-0.2, -0.15) is 0 Å². The standard InChI is InChI=1S/C14H18Cl2N2O/c1-18(2)8-5-13(19)17-14(6-7-14)11-4-3-10(15)9-12(11)16/h3-4,9H,5-8H2,1-2H3,(H,17,19). The van der Waals surface area contributed by atoms with Crippen LogP contribution in [0, 0.1) is 0 Å². The van der Waals surface area contributed by atoms with E-state index in [-0.39, 0.29) is 11.4 Å². The highest BCUT2D eigenvalue weighted by molar-refractivity contribution is 6.35. The summed E-state index contributed by atoms with van der Waals surface area (Å²) in [5.41, 5.74) is 0.696. The molecule has 0 saturated heterocycles. The Kier molecular flexibility index (Phi) is 4.39. The second-order valence-corrected chi connectivity index (χ2v) is 6.15. The zero-order valence-electron chi connectivity index (χ0n) is 11.2. The maximum Gasteiger partial charge on any atom is 0.221 e. The third-order valence-electron chi connectivity index (χ3n) is 3.36. The summed E-state index contributed by atoms with van der Waals surface area (Å²) >= 11 is 12.1. The number of rotatable bonds is 5. The van der Waals surface area contributed by atoms with E-state index in [0.717, 1.165) is 24.9 Å². The Bertz CT molecular complexity index is 484. The van der Waals surface area contributed by atoms with E-state index in [4.69, 9.17) is 23.2 Å². The van der Waals surface area contributed by atoms with Crippen molar-refractivity contribution < 1.29 is 4.79 Å². The smallest absolute Gasteiger partial charge is 0.221 e. The van der Waals surface area contributed by atoms with Crippen molar-refractivity contribution in [3.8, 4) is 0 Å². The minimum atomic E-state index is -0.273. The van der Waals surface area contributed by atoms with E-state index in [1.54, 1.807) is 6.07 Å². The first-order chi connectivity index (χ1) is 8.93. The van der Waals surface area contributed by atoms with Gasteiger partial charge in [0, 0.05) is 23.0 Å². The van der Waals surface area contributed by atoms with Crippen molar-refractivity contribution in [3.63, 3.8) is 0 Å². The van der Waals surface area contributed by atoms with Crippen LogP contribution in [-0.4, -0.2) is 31.4 Å². The van der Waals surface area contributed by atoms with Crippen LogP contribution < -0.4 is 5.32 Å². The number of hydrogen-bond acceptors (Lipinski definition) is 2. The van der Waals surface area contributed by atoms with Crippen molar-refractivity contribution in [1.29, 1.82) is 0 Å². The third kappa shape index (κ3) is 3.62. The molecule has 0 unspecified atom stereocenters. The first kappa shape index (κ1) is 14.6. The van der Waals surface area contributed by atoms with Crippen molar-refractivity contribution in [1.82, 2.24) is 10.2 Å². The maximum absolute atomic E-state index is 11.9. The van der Waals surface area contributed by atoms with E-state index >= 15 is 0 Å². The SMILES string of the molecule is CN(C)CCC(=O)NC1(c2ccc(Cl)cc2Cl)CC1. The molecule has 2 rings (SSSR count). The van der Waals surface area contributed by atoms with Crippen LogP contribution in [0.5, 0.6) is 0 Å². The van der Waals surface area contributed by atoms with Gasteiger partial charge in [0.05, 0.1) is 5.54 Å². The summed E-state index contributed by atoms with van der Waals surface area (Å²) in [6, 6.07) is 5.45. The van der Waals surface area contributed by atoms with E-state index in [1.165, 1.54) is 0 Å². The molecule has 0 aliphatic heterocycles. The fourth-order valence-electron chi connectivity index (χ4n) is 2.12. The van der Waals surface area contributed by atoms with Gasteiger partial charge >= 0.3 is 0 Å². The minimum Gasteiger partial charge on any atom is -0.346 e. The molecule has 1 saturated carbocycles. The molecule has 0 bridgehead atoms. The molecule has 19 heavy (non-hydrogen) atoms. The summed E-state index contributed by atoms with van der Waals surface area (Å²) < 4.78 is 0. The fourth-order valence-corrected chi connectivity index (χ4v) is 2.71. The second kappa shape index (κ2) is 5.70. The average Bonchev–Trinajstić information content (AvgIpc) is 3.07. The first-order valence-electron chi connectivity index (χ1n) is 6.34. The maximum atomic E-state index is 11.9. The van der Waals surface area contributed by atoms with Crippen molar-refractivity contribution in [3.05, 3.63) is 33.8 Å². The van der Waals surface area contributed by atoms with Crippen molar-refractivity contribution in [2.45, 2.75) is 24.8 Å². The number of nitrogens with zero attached hydrogens (tertiary/aromatic N) is 1. The molecule has 1 aliphatic carbocycles. The normalized spacial score (nSPS) is 16.5. The summed E-state index contributed by atoms with van der Waals surface area (Å²) in [7, 11) is 3.91. The molecule has 104 valence electrons. The van der Waals surface area contributed by atoms with Gasteiger partial charge in [-0.3, -0.25) is 4.79 Å². The van der Waals surface area contributed by atoms with E-state index < -0.39 is 0 Å². The quantitative estimate of drug-likeness (QED) is 0.906. The van der Waals surface area contributed by atoms with Gasteiger partial charge in [-0.05, 0) is 44.6 Å². The molecule has 1 fully saturated rings. The van der Waals surface area contributed by atoms with Crippen LogP contribution in [0.15, 0.2) is 18.2 Å². The number of carbonyl (C=O) groups excluding carboxylic acids is 1. The van der Waals surface area contributed by atoms with Gasteiger partial charge in [-0.15, -0.1) is 0 Å². The summed E-state index contributed by atoms with van der Waals surface area (Å²) in [5, 5.41) is 4.34. The van der Waals surface area contributed by atoms with Crippen LogP contribution in [0.2, 0.25) is 10.0 Å². The average molecular weight is 301 g/mol. The molecule has 0 heterocycles. The lowest BCUT2D eigenvalue weighted by molar-refractivity contribution is -0.122. The van der Waals surface area contributed by atoms with Gasteiger partial charge in [0.1, 0.15) is 0 Å². The van der Waals surface area contributed by atoms with Crippen LogP contribution in [0.4, 0.5) is 0 Å². The monoisotopic (exact) mass is 300 g/mol. The van der Waals surface area contributed by atoms with Gasteiger partial charge < -0.3 is 10.2 Å². The van der Waals surface area contributed by atoms with E-state index in [2.05, 4.69) is 5.32 Å². The fraction of sp³-hybridized carbons (Fsp3) is 0.500. The largest absolute Gasteiger partial charge is 0.346 e. The Morgan fingerprint density at radius 1 is 1.37 bits per heavy atom. The highest BCUT2D eigenvalue weighted by Gasteiger charge is 2.46. The molecule has 1 aliphatic rings. The number of halogens is 2. The number of amides is 1. The lowest BCUT2D eigenvalue weighted by Crippen LogP contribution is -2.36. The molecule has 0 radical (unpaired) electrons. The predicted molar refractivity (Wildman–Crippen MR) is 78.7 cm³/mol. The molecule has 1 N–H and O–H groups in total. The van der Waals surface area contributed by atoms with Gasteiger partial charge in [0.2, 0.25) is 5.91 Å². The Balaban J connectivity index is 2.05. The molecule has 0 spiro atoms. The third-order valence-corrected chi connectivity index (χ3v) is 3.91. The topological polar surface area (TPSA) is 32.3 Å². The van der Waals surface area contributed by atoms with Crippen LogP contribution in [0.1, 0.15) is 24.8 Å². The number of carbonyl (C=O) groups is 1. The minimum absolute atomic E-state index is 0.0669. The lowest BCUT2D eigenvalue weighted by atomic mass is 10.0. The molecule has 1 amide bonds. The van der Waals surface area contributed by atoms with Crippen molar-refractivity contribution in [2.75, 3.05) is 20.6 Å². The van der Waals surface area contributed by atoms with Gasteiger partial charge in [0.25, 0.3) is 0 Å². The van der Waals surface area contributed by atoms with Crippen LogP contribution in [0.25, 0.3) is 0 Å². The summed E-state index contributed by atoms with van der Waals surface area (Å²) in [6.07, 6.45) is 2.37. The number of hydrogen-bond donors (Lipinski definition) is 1. The van der Waals surface area contributed by atoms with Crippen LogP contribution in [-0.2, 0) is 10.3 Å². The molecule has 0 aromatic heterocycles. The highest BCUT2D eigenvalue weighted by Crippen LogP contribution is 2.48. The zero-order valence-corrected chi connectivity index (χ0v) is 12.7. The Labute approximate surface area is 123 Å². The van der Waals surface area contributed by atoms with Gasteiger partial charge in [0.15, 0.2) is 0 Å². The summed E-state index contributed by atoms with van der Waals surface area (Å²) in [6.45, 7) is 0.746. The molecule has 1 aromatic rings. The van der Waals surface area contributed by atoms with Crippen molar-refractivity contribution in [2.24, 2.45) is 0 Å². The van der Waals surface area contributed by atoms with E-state index in [1.807, 2.05) is 31.1 Å². The Hall–Kier alpha value is -0.770. The molecule has 3 nitrogen and oxygen atoms in total. The van der Waals surface area contributed by atoms with Crippen LogP contribution in [0.3, 0.4) is 0 Å². The molecule has 0 atom stereocenters. The lowest BCUT2D eigenvalue weighted by Gasteiger charge is -2.20. The summed E-state index contributed by atoms with van der Waals surface area (Å²) in [5.74, 6) is 0.0669. The molecular formula is C14H18Cl2N2O. The highest BCUT2D eigenvalue weighted by atomic mass is 35.5. The van der Waals surface area contributed by atoms with E-state index in [0.29, 0.717) is 16.5 Å². The number of nitrogens with one attached hydrogen (secondary N) is 1. The Morgan fingerprint density at radius 3 is 2.58 bits per heavy atom. The predicted octanol–water partition coefficient (Wildman–Crippen LogP) is 3.05. The van der Waals surface area contributed by atoms with Gasteiger partial charge in [-0.1, -0.05) is 29.3 Å². The van der Waals surface area contributed by atoms with Crippen molar-refractivity contribution >= 4 is 29.1 Å². The van der Waals surface area contributed by atoms with Gasteiger partial charge in [-0.25, -0.2) is 0 Å². The second-order valence-electron chi connectivity index (χ2n) is 5.31. The first-order valence-corrected chi connectivity index (χ1v) is 7.10. The molecular weight excluding hydrogens is 283 g/mol. The zero-order chi connectivity index (χ0) is 14.0.